The minimum Gasteiger partial charge on any atom is -0.394 e. The molecule has 0 spiro atoms. The highest BCUT2D eigenvalue weighted by Gasteiger charge is 2.44. The first-order valence-electron chi connectivity index (χ1n) is 8.68. The Balaban J connectivity index is 1.57. The average Bonchev–Trinajstić information content (AvgIpc) is 3.39. The minimum absolute atomic E-state index is 0.0219. The fourth-order valence-corrected chi connectivity index (χ4v) is 3.26. The van der Waals surface area contributed by atoms with Gasteiger partial charge in [0.2, 0.25) is 5.95 Å². The summed E-state index contributed by atoms with van der Waals surface area (Å²) in [6.07, 6.45) is -3.18. The van der Waals surface area contributed by atoms with Crippen molar-refractivity contribution in [2.45, 2.75) is 24.5 Å². The number of fused-ring (bicyclic) bond motifs is 2. The Morgan fingerprint density at radius 1 is 1.17 bits per heavy atom. The summed E-state index contributed by atoms with van der Waals surface area (Å²) in [6.45, 7) is -0.452. The molecule has 0 bridgehead atoms. The number of nitrogens with two attached hydrogens (primary N) is 1. The highest BCUT2D eigenvalue weighted by molar-refractivity contribution is 5.78. The number of anilines is 1. The molecule has 1 aromatic carbocycles. The second-order valence-electron chi connectivity index (χ2n) is 6.48. The summed E-state index contributed by atoms with van der Waals surface area (Å²) in [5, 5.41) is 37.5. The second-order valence-corrected chi connectivity index (χ2v) is 6.48. The normalized spacial score (nSPS) is 24.5. The molecule has 150 valence electrons. The Labute approximate surface area is 161 Å². The van der Waals surface area contributed by atoms with E-state index in [1.807, 2.05) is 12.1 Å². The van der Waals surface area contributed by atoms with Crippen molar-refractivity contribution in [3.63, 3.8) is 0 Å². The van der Waals surface area contributed by atoms with Crippen LogP contribution in [0, 0.1) is 0 Å². The van der Waals surface area contributed by atoms with Crippen LogP contribution < -0.4 is 10.6 Å². The molecule has 4 heterocycles. The quantitative estimate of drug-likeness (QED) is 0.317. The molecule has 4 aromatic rings. The van der Waals surface area contributed by atoms with Crippen LogP contribution in [0.15, 0.2) is 30.6 Å². The average molecular weight is 400 g/mol. The number of aliphatic hydroxyl groups excluding tert-OH is 3. The van der Waals surface area contributed by atoms with E-state index in [9.17, 15) is 15.3 Å². The maximum atomic E-state index is 10.3. The second kappa shape index (κ2) is 6.59. The summed E-state index contributed by atoms with van der Waals surface area (Å²) >= 11 is 0. The molecule has 0 saturated carbocycles. The Morgan fingerprint density at radius 2 is 2.00 bits per heavy atom. The lowest BCUT2D eigenvalue weighted by atomic mass is 10.1. The molecule has 1 fully saturated rings. The topological polar surface area (TPSA) is 179 Å². The van der Waals surface area contributed by atoms with Crippen molar-refractivity contribution in [2.24, 2.45) is 0 Å². The van der Waals surface area contributed by atoms with Crippen LogP contribution in [0.25, 0.3) is 22.2 Å². The van der Waals surface area contributed by atoms with Gasteiger partial charge in [-0.25, -0.2) is 4.98 Å². The van der Waals surface area contributed by atoms with Gasteiger partial charge in [-0.3, -0.25) is 4.57 Å². The highest BCUT2D eigenvalue weighted by Crippen LogP contribution is 2.33. The van der Waals surface area contributed by atoms with Gasteiger partial charge in [-0.2, -0.15) is 9.97 Å². The van der Waals surface area contributed by atoms with Crippen molar-refractivity contribution < 1.29 is 24.9 Å². The number of aromatic nitrogens is 7. The Morgan fingerprint density at radius 3 is 2.79 bits per heavy atom. The number of benzene rings is 1. The fourth-order valence-electron chi connectivity index (χ4n) is 3.26. The number of nitrogen functional groups attached to an aromatic ring is 1. The molecule has 0 radical (unpaired) electrons. The van der Waals surface area contributed by atoms with Gasteiger partial charge in [-0.05, 0) is 17.3 Å². The SMILES string of the molecule is Nc1nc(On2nnc3ccccc32)c2ncn([C@@H]3O[C@H](CO)[C@@H](O)[C@H]3O)c2n1. The molecule has 13 heteroatoms. The van der Waals surface area contributed by atoms with Crippen LogP contribution in [-0.2, 0) is 4.74 Å². The van der Waals surface area contributed by atoms with E-state index < -0.39 is 31.1 Å². The number of nitrogens with zero attached hydrogens (tertiary/aromatic N) is 7. The van der Waals surface area contributed by atoms with E-state index in [1.165, 1.54) is 15.7 Å². The smallest absolute Gasteiger partial charge is 0.281 e. The van der Waals surface area contributed by atoms with Crippen LogP contribution in [0.2, 0.25) is 0 Å². The number of rotatable bonds is 4. The van der Waals surface area contributed by atoms with Crippen LogP contribution in [0.3, 0.4) is 0 Å². The third kappa shape index (κ3) is 2.75. The lowest BCUT2D eigenvalue weighted by Crippen LogP contribution is -2.33. The van der Waals surface area contributed by atoms with Crippen molar-refractivity contribution in [3.05, 3.63) is 30.6 Å². The predicted molar refractivity (Wildman–Crippen MR) is 96.3 cm³/mol. The molecule has 3 aromatic heterocycles. The van der Waals surface area contributed by atoms with Crippen molar-refractivity contribution >= 4 is 28.1 Å². The molecular formula is C16H16N8O5. The summed E-state index contributed by atoms with van der Waals surface area (Å²) in [4.78, 5) is 19.4. The van der Waals surface area contributed by atoms with Gasteiger partial charge >= 0.3 is 0 Å². The first-order chi connectivity index (χ1) is 14.1. The summed E-state index contributed by atoms with van der Waals surface area (Å²) in [7, 11) is 0. The molecule has 0 aliphatic carbocycles. The largest absolute Gasteiger partial charge is 0.394 e. The third-order valence-electron chi connectivity index (χ3n) is 4.69. The molecule has 0 unspecified atom stereocenters. The number of imidazole rings is 1. The predicted octanol–water partition coefficient (Wildman–Crippen LogP) is -1.39. The molecule has 1 aliphatic rings. The van der Waals surface area contributed by atoms with Crippen LogP contribution in [0.4, 0.5) is 5.95 Å². The number of para-hydroxylation sites is 1. The number of aliphatic hydroxyl groups is 3. The summed E-state index contributed by atoms with van der Waals surface area (Å²) in [6, 6.07) is 7.19. The van der Waals surface area contributed by atoms with Gasteiger partial charge in [0.1, 0.15) is 29.3 Å². The van der Waals surface area contributed by atoms with Crippen LogP contribution in [-0.4, -0.2) is 74.9 Å². The van der Waals surface area contributed by atoms with E-state index in [1.54, 1.807) is 12.1 Å². The van der Waals surface area contributed by atoms with E-state index in [-0.39, 0.29) is 23.0 Å². The number of hydrogen-bond donors (Lipinski definition) is 4. The zero-order chi connectivity index (χ0) is 20.1. The van der Waals surface area contributed by atoms with Gasteiger partial charge in [0.25, 0.3) is 5.88 Å². The minimum atomic E-state index is -1.30. The third-order valence-corrected chi connectivity index (χ3v) is 4.69. The summed E-state index contributed by atoms with van der Waals surface area (Å²) < 4.78 is 6.93. The number of hydrogen-bond acceptors (Lipinski definition) is 11. The maximum absolute atomic E-state index is 10.3. The Bertz CT molecular complexity index is 1190. The van der Waals surface area contributed by atoms with E-state index >= 15 is 0 Å². The van der Waals surface area contributed by atoms with Crippen LogP contribution >= 0.6 is 0 Å². The van der Waals surface area contributed by atoms with E-state index in [0.717, 1.165) is 0 Å². The molecule has 4 atom stereocenters. The maximum Gasteiger partial charge on any atom is 0.281 e. The zero-order valence-corrected chi connectivity index (χ0v) is 14.8. The first kappa shape index (κ1) is 17.7. The van der Waals surface area contributed by atoms with Crippen molar-refractivity contribution in [2.75, 3.05) is 12.3 Å². The lowest BCUT2D eigenvalue weighted by molar-refractivity contribution is -0.0511. The van der Waals surface area contributed by atoms with Gasteiger partial charge in [0, 0.05) is 0 Å². The van der Waals surface area contributed by atoms with Gasteiger partial charge in [0.15, 0.2) is 17.4 Å². The van der Waals surface area contributed by atoms with Gasteiger partial charge in [0.05, 0.1) is 12.9 Å². The summed E-state index contributed by atoms with van der Waals surface area (Å²) in [5.74, 6) is -0.0842. The lowest BCUT2D eigenvalue weighted by Gasteiger charge is -2.16. The van der Waals surface area contributed by atoms with E-state index in [2.05, 4.69) is 25.3 Å². The molecule has 1 saturated heterocycles. The molecular weight excluding hydrogens is 384 g/mol. The Hall–Kier alpha value is -3.39. The van der Waals surface area contributed by atoms with Crippen molar-refractivity contribution in [1.29, 1.82) is 0 Å². The monoisotopic (exact) mass is 400 g/mol. The van der Waals surface area contributed by atoms with Crippen molar-refractivity contribution in [3.8, 4) is 5.88 Å². The van der Waals surface area contributed by atoms with E-state index in [0.29, 0.717) is 11.0 Å². The fraction of sp³-hybridized carbons (Fsp3) is 0.312. The van der Waals surface area contributed by atoms with Gasteiger partial charge in [-0.15, -0.1) is 5.10 Å². The molecule has 5 rings (SSSR count). The molecule has 1 aliphatic heterocycles. The molecule has 13 nitrogen and oxygen atoms in total. The Kier molecular flexibility index (Phi) is 4.02. The van der Waals surface area contributed by atoms with Crippen LogP contribution in [0.5, 0.6) is 5.88 Å². The van der Waals surface area contributed by atoms with Crippen LogP contribution in [0.1, 0.15) is 6.23 Å². The molecule has 5 N–H and O–H groups in total. The summed E-state index contributed by atoms with van der Waals surface area (Å²) in [5.41, 5.74) is 7.51. The standard InChI is InChI=1S/C16H16N8O5/c17-16-19-13-10(18-6-23(13)15-12(27)11(26)9(5-25)28-15)14(20-16)29-24-8-4-2-1-3-7(8)21-22-24/h1-4,6,9,11-12,15,25-27H,5H2,(H2,17,19,20)/t9-,11-,12-,15-/m1/s1. The highest BCUT2D eigenvalue weighted by atomic mass is 16.7. The van der Waals surface area contributed by atoms with E-state index in [4.69, 9.17) is 15.3 Å². The molecule has 0 amide bonds. The zero-order valence-electron chi connectivity index (χ0n) is 14.8. The van der Waals surface area contributed by atoms with Crippen molar-refractivity contribution in [1.82, 2.24) is 34.7 Å². The molecule has 29 heavy (non-hydrogen) atoms. The van der Waals surface area contributed by atoms with Gasteiger partial charge in [-0.1, -0.05) is 17.0 Å². The first-order valence-corrected chi connectivity index (χ1v) is 8.68. The number of ether oxygens (including phenoxy) is 1. The van der Waals surface area contributed by atoms with Gasteiger partial charge < -0.3 is 30.6 Å².